The molecule has 0 amide bonds. The Labute approximate surface area is 104 Å². The van der Waals surface area contributed by atoms with Gasteiger partial charge in [0, 0.05) is 17.3 Å². The Bertz CT molecular complexity index is 496. The van der Waals surface area contributed by atoms with E-state index in [1.807, 2.05) is 12.2 Å². The first-order valence-corrected chi connectivity index (χ1v) is 7.43. The zero-order valence-corrected chi connectivity index (χ0v) is 10.7. The van der Waals surface area contributed by atoms with E-state index in [2.05, 4.69) is 0 Å². The van der Waals surface area contributed by atoms with Gasteiger partial charge in [0.1, 0.15) is 0 Å². The van der Waals surface area contributed by atoms with Crippen LogP contribution in [0, 0.1) is 0 Å². The summed E-state index contributed by atoms with van der Waals surface area (Å²) >= 11 is 7.02. The molecular weight excluding hydrogens is 266 g/mol. The summed E-state index contributed by atoms with van der Waals surface area (Å²) in [5.41, 5.74) is 0. The molecule has 1 aromatic rings. The highest BCUT2D eigenvalue weighted by Gasteiger charge is 2.24. The molecule has 3 nitrogen and oxygen atoms in total. The van der Waals surface area contributed by atoms with Gasteiger partial charge in [0.15, 0.2) is 0 Å². The van der Waals surface area contributed by atoms with Crippen LogP contribution < -0.4 is 0 Å². The van der Waals surface area contributed by atoms with Crippen molar-refractivity contribution in [2.75, 3.05) is 12.3 Å². The van der Waals surface area contributed by atoms with Gasteiger partial charge < -0.3 is 0 Å². The number of benzene rings is 1. The van der Waals surface area contributed by atoms with Crippen LogP contribution in [0.15, 0.2) is 41.3 Å². The molecule has 1 aromatic carbocycles. The van der Waals surface area contributed by atoms with Crippen molar-refractivity contribution in [2.45, 2.75) is 4.90 Å². The van der Waals surface area contributed by atoms with Crippen LogP contribution in [-0.4, -0.2) is 24.4 Å². The van der Waals surface area contributed by atoms with Crippen molar-refractivity contribution < 1.29 is 8.42 Å². The lowest BCUT2D eigenvalue weighted by atomic mass is 10.4. The highest BCUT2D eigenvalue weighted by molar-refractivity contribution is 8.08. The zero-order valence-electron chi connectivity index (χ0n) is 8.34. The summed E-state index contributed by atoms with van der Waals surface area (Å²) in [6, 6.07) is 6.21. The molecule has 1 aliphatic heterocycles. The minimum atomic E-state index is -3.39. The molecule has 0 bridgehead atoms. The van der Waals surface area contributed by atoms with Crippen LogP contribution in [0.5, 0.6) is 0 Å². The van der Waals surface area contributed by atoms with Crippen molar-refractivity contribution in [3.63, 3.8) is 0 Å². The van der Waals surface area contributed by atoms with Gasteiger partial charge in [0.05, 0.1) is 4.90 Å². The molecule has 86 valence electrons. The molecule has 1 aliphatic rings. The first-order chi connectivity index (χ1) is 7.60. The largest absolute Gasteiger partial charge is 0.252 e. The molecule has 0 fully saturated rings. The molecule has 6 heteroatoms. The van der Waals surface area contributed by atoms with Crippen molar-refractivity contribution in [1.82, 2.24) is 3.71 Å². The first kappa shape index (κ1) is 12.0. The van der Waals surface area contributed by atoms with E-state index in [1.54, 1.807) is 12.1 Å². The van der Waals surface area contributed by atoms with Crippen LogP contribution in [-0.2, 0) is 10.0 Å². The van der Waals surface area contributed by atoms with Crippen LogP contribution in [0.3, 0.4) is 0 Å². The molecule has 0 N–H and O–H groups in total. The van der Waals surface area contributed by atoms with E-state index in [-0.39, 0.29) is 4.90 Å². The third-order valence-corrected chi connectivity index (χ3v) is 5.60. The van der Waals surface area contributed by atoms with Crippen LogP contribution in [0.2, 0.25) is 5.02 Å². The Kier molecular flexibility index (Phi) is 3.59. The standard InChI is InChI=1S/C10H10ClNO2S2/c11-9-3-5-10(6-4-9)16(13,14)12-7-1-2-8-15-12/h1-6H,7-8H2. The Morgan fingerprint density at radius 1 is 1.19 bits per heavy atom. The van der Waals surface area contributed by atoms with Gasteiger partial charge in [-0.2, -0.15) is 0 Å². The maximum absolute atomic E-state index is 12.1. The molecule has 0 saturated heterocycles. The van der Waals surface area contributed by atoms with Crippen LogP contribution in [0.4, 0.5) is 0 Å². The van der Waals surface area contributed by atoms with E-state index in [1.165, 1.54) is 27.8 Å². The fourth-order valence-electron chi connectivity index (χ4n) is 1.30. The summed E-state index contributed by atoms with van der Waals surface area (Å²) in [4.78, 5) is 0.278. The number of hydrogen-bond acceptors (Lipinski definition) is 3. The minimum absolute atomic E-state index is 0.278. The second kappa shape index (κ2) is 4.79. The van der Waals surface area contributed by atoms with Crippen molar-refractivity contribution in [1.29, 1.82) is 0 Å². The lowest BCUT2D eigenvalue weighted by molar-refractivity contribution is 0.555. The predicted molar refractivity (Wildman–Crippen MR) is 66.9 cm³/mol. The first-order valence-electron chi connectivity index (χ1n) is 4.67. The van der Waals surface area contributed by atoms with Crippen molar-refractivity contribution >= 4 is 33.6 Å². The van der Waals surface area contributed by atoms with Gasteiger partial charge in [0.2, 0.25) is 0 Å². The summed E-state index contributed by atoms with van der Waals surface area (Å²) < 4.78 is 25.6. The molecule has 2 rings (SSSR count). The fourth-order valence-corrected chi connectivity index (χ4v) is 4.00. The summed E-state index contributed by atoms with van der Waals surface area (Å²) in [7, 11) is -3.39. The van der Waals surface area contributed by atoms with Crippen molar-refractivity contribution in [3.8, 4) is 0 Å². The average Bonchev–Trinajstić information content (AvgIpc) is 2.31. The number of hydrogen-bond donors (Lipinski definition) is 0. The van der Waals surface area contributed by atoms with Gasteiger partial charge in [0.25, 0.3) is 10.0 Å². The number of halogens is 1. The van der Waals surface area contributed by atoms with E-state index >= 15 is 0 Å². The zero-order chi connectivity index (χ0) is 11.6. The van der Waals surface area contributed by atoms with Crippen LogP contribution >= 0.6 is 23.5 Å². The van der Waals surface area contributed by atoms with E-state index in [0.717, 1.165) is 0 Å². The van der Waals surface area contributed by atoms with Gasteiger partial charge in [-0.3, -0.25) is 0 Å². The fraction of sp³-hybridized carbons (Fsp3) is 0.200. The number of sulfonamides is 1. The molecule has 0 radical (unpaired) electrons. The average molecular weight is 276 g/mol. The normalized spacial score (nSPS) is 17.6. The molecule has 0 aromatic heterocycles. The third-order valence-electron chi connectivity index (χ3n) is 2.12. The minimum Gasteiger partial charge on any atom is -0.206 e. The summed E-state index contributed by atoms with van der Waals surface area (Å²) in [5.74, 6) is 0.687. The van der Waals surface area contributed by atoms with Gasteiger partial charge in [-0.25, -0.2) is 8.42 Å². The second-order valence-electron chi connectivity index (χ2n) is 3.21. The molecule has 16 heavy (non-hydrogen) atoms. The van der Waals surface area contributed by atoms with Crippen molar-refractivity contribution in [3.05, 3.63) is 41.4 Å². The molecule has 0 aliphatic carbocycles. The third kappa shape index (κ3) is 2.43. The van der Waals surface area contributed by atoms with Gasteiger partial charge in [-0.05, 0) is 24.3 Å². The van der Waals surface area contributed by atoms with E-state index in [9.17, 15) is 8.42 Å². The SMILES string of the molecule is O=S(=O)(c1ccc(Cl)cc1)N1CC=CCS1. The predicted octanol–water partition coefficient (Wildman–Crippen LogP) is 2.55. The molecule has 1 heterocycles. The molecular formula is C10H10ClNO2S2. The summed E-state index contributed by atoms with van der Waals surface area (Å²) in [6.45, 7) is 0.412. The molecule has 0 saturated carbocycles. The lowest BCUT2D eigenvalue weighted by Crippen LogP contribution is -2.26. The van der Waals surface area contributed by atoms with Gasteiger partial charge in [-0.1, -0.05) is 35.7 Å². The molecule has 0 atom stereocenters. The maximum atomic E-state index is 12.1. The van der Waals surface area contributed by atoms with E-state index in [0.29, 0.717) is 17.3 Å². The monoisotopic (exact) mass is 275 g/mol. The Balaban J connectivity index is 2.31. The lowest BCUT2D eigenvalue weighted by Gasteiger charge is -2.21. The van der Waals surface area contributed by atoms with Crippen LogP contribution in [0.1, 0.15) is 0 Å². The smallest absolute Gasteiger partial charge is 0.206 e. The number of rotatable bonds is 2. The van der Waals surface area contributed by atoms with Crippen LogP contribution in [0.25, 0.3) is 0 Å². The second-order valence-corrected chi connectivity index (χ2v) is 6.77. The Morgan fingerprint density at radius 3 is 2.44 bits per heavy atom. The Morgan fingerprint density at radius 2 is 1.88 bits per heavy atom. The quantitative estimate of drug-likeness (QED) is 0.615. The molecule has 0 spiro atoms. The topological polar surface area (TPSA) is 37.4 Å². The highest BCUT2D eigenvalue weighted by Crippen LogP contribution is 2.26. The van der Waals surface area contributed by atoms with E-state index in [4.69, 9.17) is 11.6 Å². The summed E-state index contributed by atoms with van der Waals surface area (Å²) in [6.07, 6.45) is 3.81. The maximum Gasteiger partial charge on any atom is 0.252 e. The number of nitrogens with zero attached hydrogens (tertiary/aromatic N) is 1. The summed E-state index contributed by atoms with van der Waals surface area (Å²) in [5, 5.41) is 0.533. The van der Waals surface area contributed by atoms with Gasteiger partial charge >= 0.3 is 0 Å². The molecule has 0 unspecified atom stereocenters. The highest BCUT2D eigenvalue weighted by atomic mass is 35.5. The van der Waals surface area contributed by atoms with Gasteiger partial charge in [-0.15, -0.1) is 3.71 Å². The van der Waals surface area contributed by atoms with E-state index < -0.39 is 10.0 Å². The Hall–Kier alpha value is -0.490. The van der Waals surface area contributed by atoms with Crippen molar-refractivity contribution in [2.24, 2.45) is 0 Å².